The average Bonchev–Trinajstić information content (AvgIpc) is 3.12. The van der Waals surface area contributed by atoms with Gasteiger partial charge in [-0.05, 0) is 38.5 Å². The molecular formula is C22H32N4O2. The van der Waals surface area contributed by atoms with Crippen molar-refractivity contribution < 1.29 is 9.32 Å². The van der Waals surface area contributed by atoms with Crippen LogP contribution in [0.15, 0.2) is 16.8 Å². The molecule has 2 heterocycles. The van der Waals surface area contributed by atoms with Crippen LogP contribution in [0.5, 0.6) is 0 Å². The lowest BCUT2D eigenvalue weighted by molar-refractivity contribution is -0.124. The zero-order chi connectivity index (χ0) is 20.3. The Labute approximate surface area is 167 Å². The number of hydrogen-bond donors (Lipinski definition) is 1. The van der Waals surface area contributed by atoms with Gasteiger partial charge in [0.05, 0.1) is 17.0 Å². The lowest BCUT2D eigenvalue weighted by Gasteiger charge is -2.29. The van der Waals surface area contributed by atoms with Crippen molar-refractivity contribution >= 4 is 5.91 Å². The summed E-state index contributed by atoms with van der Waals surface area (Å²) in [7, 11) is 0. The standard InChI is InChI=1S/C22H32N4O2/c1-13(2)21-23-12-18(19-10-15(5)26-28-19)20(25-21)17-8-6-16(7-9-17)11-24-22(27)14(3)4/h10,12-14,16-17H,6-9,11H2,1-5H3,(H,24,27). The van der Waals surface area contributed by atoms with E-state index in [1.54, 1.807) is 0 Å². The minimum atomic E-state index is 0.0414. The molecule has 2 aromatic rings. The Balaban J connectivity index is 1.74. The van der Waals surface area contributed by atoms with E-state index in [9.17, 15) is 4.79 Å². The van der Waals surface area contributed by atoms with E-state index in [-0.39, 0.29) is 17.7 Å². The molecule has 0 spiro atoms. The van der Waals surface area contributed by atoms with Gasteiger partial charge >= 0.3 is 0 Å². The highest BCUT2D eigenvalue weighted by Gasteiger charge is 2.27. The summed E-state index contributed by atoms with van der Waals surface area (Å²) < 4.78 is 5.51. The van der Waals surface area contributed by atoms with Crippen molar-refractivity contribution in [1.82, 2.24) is 20.4 Å². The third kappa shape index (κ3) is 4.78. The molecule has 0 saturated heterocycles. The number of hydrogen-bond acceptors (Lipinski definition) is 5. The van der Waals surface area contributed by atoms with Gasteiger partial charge in [-0.15, -0.1) is 0 Å². The third-order valence-electron chi connectivity index (χ3n) is 5.57. The van der Waals surface area contributed by atoms with E-state index in [0.29, 0.717) is 11.8 Å². The molecule has 3 rings (SSSR count). The molecule has 6 heteroatoms. The summed E-state index contributed by atoms with van der Waals surface area (Å²) in [5.41, 5.74) is 2.90. The fourth-order valence-electron chi connectivity index (χ4n) is 3.77. The largest absolute Gasteiger partial charge is 0.356 e. The van der Waals surface area contributed by atoms with E-state index in [2.05, 4.69) is 29.3 Å². The quantitative estimate of drug-likeness (QED) is 0.786. The molecule has 1 aliphatic rings. The molecule has 1 fully saturated rings. The summed E-state index contributed by atoms with van der Waals surface area (Å²) in [6.07, 6.45) is 6.22. The molecule has 0 aromatic carbocycles. The van der Waals surface area contributed by atoms with Gasteiger partial charge in [0, 0.05) is 36.6 Å². The predicted molar refractivity (Wildman–Crippen MR) is 109 cm³/mol. The number of rotatable bonds is 6. The topological polar surface area (TPSA) is 80.9 Å². The zero-order valence-electron chi connectivity index (χ0n) is 17.7. The molecule has 6 nitrogen and oxygen atoms in total. The average molecular weight is 385 g/mol. The van der Waals surface area contributed by atoms with Crippen LogP contribution in [0.2, 0.25) is 0 Å². The van der Waals surface area contributed by atoms with Gasteiger partial charge in [0.2, 0.25) is 5.91 Å². The molecule has 0 aliphatic heterocycles. The molecule has 1 aliphatic carbocycles. The molecule has 0 bridgehead atoms. The van der Waals surface area contributed by atoms with Crippen LogP contribution >= 0.6 is 0 Å². The smallest absolute Gasteiger partial charge is 0.222 e. The number of nitrogens with zero attached hydrogens (tertiary/aromatic N) is 3. The molecular weight excluding hydrogens is 352 g/mol. The second-order valence-electron chi connectivity index (χ2n) is 8.63. The number of carbonyl (C=O) groups excluding carboxylic acids is 1. The van der Waals surface area contributed by atoms with E-state index in [0.717, 1.165) is 60.8 Å². The number of aromatic nitrogens is 3. The van der Waals surface area contributed by atoms with Crippen LogP contribution in [-0.2, 0) is 4.79 Å². The molecule has 0 atom stereocenters. The molecule has 28 heavy (non-hydrogen) atoms. The van der Waals surface area contributed by atoms with E-state index in [4.69, 9.17) is 9.51 Å². The minimum absolute atomic E-state index is 0.0414. The van der Waals surface area contributed by atoms with Gasteiger partial charge in [-0.25, -0.2) is 9.97 Å². The van der Waals surface area contributed by atoms with Crippen LogP contribution < -0.4 is 5.32 Å². The number of carbonyl (C=O) groups is 1. The maximum atomic E-state index is 11.8. The highest BCUT2D eigenvalue weighted by molar-refractivity contribution is 5.77. The maximum absolute atomic E-state index is 11.8. The Morgan fingerprint density at radius 3 is 2.50 bits per heavy atom. The van der Waals surface area contributed by atoms with Gasteiger partial charge < -0.3 is 9.84 Å². The van der Waals surface area contributed by atoms with Crippen molar-refractivity contribution in [3.8, 4) is 11.3 Å². The lowest BCUT2D eigenvalue weighted by atomic mass is 9.79. The molecule has 1 N–H and O–H groups in total. The molecule has 0 radical (unpaired) electrons. The van der Waals surface area contributed by atoms with E-state index >= 15 is 0 Å². The SMILES string of the molecule is Cc1cc(-c2cnc(C(C)C)nc2C2CCC(CNC(=O)C(C)C)CC2)on1. The van der Waals surface area contributed by atoms with Crippen molar-refractivity contribution in [2.45, 2.75) is 72.1 Å². The Hall–Kier alpha value is -2.24. The Bertz CT molecular complexity index is 805. The van der Waals surface area contributed by atoms with Crippen LogP contribution in [0.25, 0.3) is 11.3 Å². The van der Waals surface area contributed by atoms with Gasteiger partial charge in [0.25, 0.3) is 0 Å². The molecule has 2 aromatic heterocycles. The van der Waals surface area contributed by atoms with Crippen molar-refractivity contribution in [3.63, 3.8) is 0 Å². The summed E-state index contributed by atoms with van der Waals surface area (Å²) in [6, 6.07) is 1.95. The molecule has 1 amide bonds. The number of amides is 1. The van der Waals surface area contributed by atoms with Crippen LogP contribution in [0.1, 0.15) is 82.4 Å². The third-order valence-corrected chi connectivity index (χ3v) is 5.57. The van der Waals surface area contributed by atoms with Crippen LogP contribution in [-0.4, -0.2) is 27.6 Å². The zero-order valence-corrected chi connectivity index (χ0v) is 17.7. The van der Waals surface area contributed by atoms with Crippen molar-refractivity contribution in [1.29, 1.82) is 0 Å². The molecule has 0 unspecified atom stereocenters. The van der Waals surface area contributed by atoms with Crippen LogP contribution in [0.3, 0.4) is 0 Å². The summed E-state index contributed by atoms with van der Waals surface area (Å²) in [6.45, 7) is 10.8. The van der Waals surface area contributed by atoms with E-state index < -0.39 is 0 Å². The summed E-state index contributed by atoms with van der Waals surface area (Å²) >= 11 is 0. The molecule has 152 valence electrons. The number of nitrogens with one attached hydrogen (secondary N) is 1. The normalized spacial score (nSPS) is 20.0. The van der Waals surface area contributed by atoms with Crippen molar-refractivity contribution in [3.05, 3.63) is 29.5 Å². The summed E-state index contributed by atoms with van der Waals surface area (Å²) in [5, 5.41) is 7.12. The first-order valence-electron chi connectivity index (χ1n) is 10.4. The van der Waals surface area contributed by atoms with Gasteiger partial charge in [-0.2, -0.15) is 0 Å². The monoisotopic (exact) mass is 384 g/mol. The fourth-order valence-corrected chi connectivity index (χ4v) is 3.77. The van der Waals surface area contributed by atoms with E-state index in [1.165, 1.54) is 0 Å². The first-order chi connectivity index (χ1) is 13.3. The minimum Gasteiger partial charge on any atom is -0.356 e. The second-order valence-corrected chi connectivity index (χ2v) is 8.63. The van der Waals surface area contributed by atoms with Gasteiger partial charge in [-0.1, -0.05) is 32.9 Å². The first kappa shape index (κ1) is 20.5. The Kier molecular flexibility index (Phi) is 6.47. The first-order valence-corrected chi connectivity index (χ1v) is 10.4. The summed E-state index contributed by atoms with van der Waals surface area (Å²) in [4.78, 5) is 21.3. The van der Waals surface area contributed by atoms with Gasteiger partial charge in [-0.3, -0.25) is 4.79 Å². The molecule has 1 saturated carbocycles. The van der Waals surface area contributed by atoms with Gasteiger partial charge in [0.1, 0.15) is 5.82 Å². The number of aryl methyl sites for hydroxylation is 1. The fraction of sp³-hybridized carbons (Fsp3) is 0.636. The predicted octanol–water partition coefficient (Wildman–Crippen LogP) is 4.61. The Morgan fingerprint density at radius 2 is 1.93 bits per heavy atom. The van der Waals surface area contributed by atoms with Crippen LogP contribution in [0.4, 0.5) is 0 Å². The Morgan fingerprint density at radius 1 is 1.21 bits per heavy atom. The maximum Gasteiger partial charge on any atom is 0.222 e. The van der Waals surface area contributed by atoms with Gasteiger partial charge in [0.15, 0.2) is 5.76 Å². The highest BCUT2D eigenvalue weighted by Crippen LogP contribution is 2.39. The summed E-state index contributed by atoms with van der Waals surface area (Å²) in [5.74, 6) is 3.02. The van der Waals surface area contributed by atoms with Crippen molar-refractivity contribution in [2.75, 3.05) is 6.54 Å². The van der Waals surface area contributed by atoms with Crippen LogP contribution in [0, 0.1) is 18.8 Å². The second kappa shape index (κ2) is 8.84. The lowest BCUT2D eigenvalue weighted by Crippen LogP contribution is -2.33. The highest BCUT2D eigenvalue weighted by atomic mass is 16.5. The van der Waals surface area contributed by atoms with E-state index in [1.807, 2.05) is 33.0 Å². The van der Waals surface area contributed by atoms with Crippen molar-refractivity contribution in [2.24, 2.45) is 11.8 Å².